The lowest BCUT2D eigenvalue weighted by molar-refractivity contribution is -0.131. The van der Waals surface area contributed by atoms with Gasteiger partial charge < -0.3 is 16.0 Å². The highest BCUT2D eigenvalue weighted by Gasteiger charge is 2.26. The summed E-state index contributed by atoms with van der Waals surface area (Å²) in [5.41, 5.74) is 2.22. The van der Waals surface area contributed by atoms with Crippen molar-refractivity contribution in [3.63, 3.8) is 0 Å². The van der Waals surface area contributed by atoms with Gasteiger partial charge in [-0.15, -0.1) is 0 Å². The molecule has 1 heterocycles. The fourth-order valence-corrected chi connectivity index (χ4v) is 5.03. The molecule has 0 aliphatic carbocycles. The summed E-state index contributed by atoms with van der Waals surface area (Å²) in [7, 11) is 0. The van der Waals surface area contributed by atoms with Crippen LogP contribution >= 0.6 is 0 Å². The molecule has 1 saturated heterocycles. The van der Waals surface area contributed by atoms with Crippen LogP contribution in [0.25, 0.3) is 21.5 Å². The minimum atomic E-state index is -0.606. The second-order valence-corrected chi connectivity index (χ2v) is 9.69. The fourth-order valence-electron chi connectivity index (χ4n) is 5.03. The highest BCUT2D eigenvalue weighted by Crippen LogP contribution is 2.18. The van der Waals surface area contributed by atoms with Gasteiger partial charge in [-0.3, -0.25) is 9.59 Å². The molecule has 1 fully saturated rings. The SMILES string of the molecule is O=C(N[C@H](Cc1ccc2ccccc2c1)C(=O)NCCc1ccc2ccccc2c1)C1CCNCC1. The molecule has 0 radical (unpaired) electrons. The third-order valence-corrected chi connectivity index (χ3v) is 7.12. The van der Waals surface area contributed by atoms with Gasteiger partial charge in [0.1, 0.15) is 6.04 Å². The van der Waals surface area contributed by atoms with E-state index in [1.54, 1.807) is 0 Å². The van der Waals surface area contributed by atoms with Crippen molar-refractivity contribution in [3.8, 4) is 0 Å². The Labute approximate surface area is 212 Å². The van der Waals surface area contributed by atoms with Gasteiger partial charge >= 0.3 is 0 Å². The van der Waals surface area contributed by atoms with Crippen molar-refractivity contribution in [2.75, 3.05) is 19.6 Å². The first-order valence-electron chi connectivity index (χ1n) is 12.9. The minimum Gasteiger partial charge on any atom is -0.354 e. The maximum Gasteiger partial charge on any atom is 0.242 e. The van der Waals surface area contributed by atoms with Crippen LogP contribution in [0, 0.1) is 5.92 Å². The lowest BCUT2D eigenvalue weighted by Gasteiger charge is -2.25. The predicted octanol–water partition coefficient (Wildman–Crippen LogP) is 4.38. The van der Waals surface area contributed by atoms with E-state index in [4.69, 9.17) is 0 Å². The molecular formula is C31H33N3O2. The Bertz CT molecular complexity index is 1360. The van der Waals surface area contributed by atoms with Crippen molar-refractivity contribution < 1.29 is 9.59 Å². The van der Waals surface area contributed by atoms with Crippen molar-refractivity contribution in [3.05, 3.63) is 96.1 Å². The molecule has 5 heteroatoms. The summed E-state index contributed by atoms with van der Waals surface area (Å²) in [6, 6.07) is 28.5. The van der Waals surface area contributed by atoms with E-state index in [1.807, 2.05) is 30.3 Å². The molecule has 3 N–H and O–H groups in total. The lowest BCUT2D eigenvalue weighted by atomic mass is 9.95. The second-order valence-electron chi connectivity index (χ2n) is 9.69. The average molecular weight is 480 g/mol. The number of nitrogens with one attached hydrogen (secondary N) is 3. The molecule has 184 valence electrons. The fraction of sp³-hybridized carbons (Fsp3) is 0.290. The number of benzene rings is 4. The molecule has 1 atom stereocenters. The lowest BCUT2D eigenvalue weighted by Crippen LogP contribution is -2.51. The van der Waals surface area contributed by atoms with Crippen molar-refractivity contribution in [2.24, 2.45) is 5.92 Å². The van der Waals surface area contributed by atoms with Crippen LogP contribution in [0.3, 0.4) is 0 Å². The van der Waals surface area contributed by atoms with E-state index < -0.39 is 6.04 Å². The third kappa shape index (κ3) is 5.92. The largest absolute Gasteiger partial charge is 0.354 e. The van der Waals surface area contributed by atoms with Crippen molar-refractivity contribution in [1.82, 2.24) is 16.0 Å². The Morgan fingerprint density at radius 1 is 0.778 bits per heavy atom. The number of hydrogen-bond donors (Lipinski definition) is 3. The maximum atomic E-state index is 13.3. The minimum absolute atomic E-state index is 0.0213. The van der Waals surface area contributed by atoms with E-state index in [-0.39, 0.29) is 17.7 Å². The van der Waals surface area contributed by atoms with E-state index >= 15 is 0 Å². The molecule has 0 aromatic heterocycles. The zero-order valence-electron chi connectivity index (χ0n) is 20.5. The first-order valence-corrected chi connectivity index (χ1v) is 12.9. The summed E-state index contributed by atoms with van der Waals surface area (Å²) in [6.07, 6.45) is 2.81. The first-order chi connectivity index (χ1) is 17.7. The Morgan fingerprint density at radius 2 is 1.36 bits per heavy atom. The van der Waals surface area contributed by atoms with Gasteiger partial charge in [-0.2, -0.15) is 0 Å². The standard InChI is InChI=1S/C31H33N3O2/c35-30(26-14-16-32-17-15-26)34-29(21-23-10-12-25-6-2-4-8-28(25)20-23)31(36)33-18-13-22-9-11-24-5-1-3-7-27(24)19-22/h1-12,19-20,26,29,32H,13-18,21H2,(H,33,36)(H,34,35)/t29-/m1/s1. The van der Waals surface area contributed by atoms with E-state index in [9.17, 15) is 9.59 Å². The summed E-state index contributed by atoms with van der Waals surface area (Å²) >= 11 is 0. The molecule has 2 amide bonds. The zero-order valence-corrected chi connectivity index (χ0v) is 20.5. The summed E-state index contributed by atoms with van der Waals surface area (Å²) in [4.78, 5) is 26.3. The number of carbonyl (C=O) groups excluding carboxylic acids is 2. The van der Waals surface area contributed by atoms with E-state index in [2.05, 4.69) is 70.5 Å². The molecular weight excluding hydrogens is 446 g/mol. The van der Waals surface area contributed by atoms with Crippen LogP contribution in [0.2, 0.25) is 0 Å². The van der Waals surface area contributed by atoms with Crippen LogP contribution in [-0.2, 0) is 22.4 Å². The Hall–Kier alpha value is -3.70. The average Bonchev–Trinajstić information content (AvgIpc) is 2.93. The number of fused-ring (bicyclic) bond motifs is 2. The number of amides is 2. The van der Waals surface area contributed by atoms with Crippen LogP contribution < -0.4 is 16.0 Å². The summed E-state index contributed by atoms with van der Waals surface area (Å²) in [5.74, 6) is -0.200. The first kappa shape index (κ1) is 24.0. The van der Waals surface area contributed by atoms with E-state index in [0.717, 1.165) is 48.7 Å². The molecule has 5 rings (SSSR count). The predicted molar refractivity (Wildman–Crippen MR) is 146 cm³/mol. The Morgan fingerprint density at radius 3 is 2.03 bits per heavy atom. The molecule has 0 spiro atoms. The van der Waals surface area contributed by atoms with E-state index in [1.165, 1.54) is 16.3 Å². The van der Waals surface area contributed by atoms with Crippen molar-refractivity contribution in [2.45, 2.75) is 31.7 Å². The van der Waals surface area contributed by atoms with Gasteiger partial charge in [-0.1, -0.05) is 84.9 Å². The van der Waals surface area contributed by atoms with Gasteiger partial charge in [-0.05, 0) is 65.0 Å². The van der Waals surface area contributed by atoms with Crippen LogP contribution in [0.5, 0.6) is 0 Å². The Kier molecular flexibility index (Phi) is 7.58. The third-order valence-electron chi connectivity index (χ3n) is 7.12. The summed E-state index contributed by atoms with van der Waals surface area (Å²) in [6.45, 7) is 2.20. The number of piperidine rings is 1. The molecule has 5 nitrogen and oxygen atoms in total. The maximum absolute atomic E-state index is 13.3. The summed E-state index contributed by atoms with van der Waals surface area (Å²) < 4.78 is 0. The molecule has 0 bridgehead atoms. The zero-order chi connectivity index (χ0) is 24.7. The summed E-state index contributed by atoms with van der Waals surface area (Å²) in [5, 5.41) is 14.2. The Balaban J connectivity index is 1.26. The number of rotatable bonds is 8. The van der Waals surface area contributed by atoms with Gasteiger partial charge in [0, 0.05) is 18.9 Å². The monoisotopic (exact) mass is 479 g/mol. The molecule has 0 saturated carbocycles. The van der Waals surface area contributed by atoms with Gasteiger partial charge in [0.2, 0.25) is 11.8 Å². The molecule has 4 aromatic rings. The quantitative estimate of drug-likeness (QED) is 0.351. The van der Waals surface area contributed by atoms with Crippen LogP contribution in [0.1, 0.15) is 24.0 Å². The highest BCUT2D eigenvalue weighted by atomic mass is 16.2. The smallest absolute Gasteiger partial charge is 0.242 e. The van der Waals surface area contributed by atoms with E-state index in [0.29, 0.717) is 13.0 Å². The number of carbonyl (C=O) groups is 2. The van der Waals surface area contributed by atoms with Crippen molar-refractivity contribution in [1.29, 1.82) is 0 Å². The number of hydrogen-bond acceptors (Lipinski definition) is 3. The van der Waals surface area contributed by atoms with Crippen LogP contribution in [0.4, 0.5) is 0 Å². The molecule has 1 aliphatic heterocycles. The topological polar surface area (TPSA) is 70.2 Å². The van der Waals surface area contributed by atoms with Crippen LogP contribution in [0.15, 0.2) is 84.9 Å². The molecule has 0 unspecified atom stereocenters. The van der Waals surface area contributed by atoms with Gasteiger partial charge in [0.05, 0.1) is 0 Å². The molecule has 1 aliphatic rings. The van der Waals surface area contributed by atoms with Crippen LogP contribution in [-0.4, -0.2) is 37.5 Å². The van der Waals surface area contributed by atoms with Gasteiger partial charge in [0.25, 0.3) is 0 Å². The second kappa shape index (κ2) is 11.4. The normalized spacial score (nSPS) is 15.0. The highest BCUT2D eigenvalue weighted by molar-refractivity contribution is 5.89. The molecule has 4 aromatic carbocycles. The van der Waals surface area contributed by atoms with Crippen molar-refractivity contribution >= 4 is 33.4 Å². The van der Waals surface area contributed by atoms with Gasteiger partial charge in [-0.25, -0.2) is 0 Å². The van der Waals surface area contributed by atoms with Gasteiger partial charge in [0.15, 0.2) is 0 Å². The molecule has 36 heavy (non-hydrogen) atoms.